The molecule has 9 heteroatoms. The quantitative estimate of drug-likeness (QED) is 0.169. The molecule has 0 saturated heterocycles. The maximum absolute atomic E-state index is 13.0. The lowest BCUT2D eigenvalue weighted by atomic mass is 10.1. The zero-order valence-corrected chi connectivity index (χ0v) is 26.3. The van der Waals surface area contributed by atoms with Crippen LogP contribution < -0.4 is 10.9 Å². The van der Waals surface area contributed by atoms with Gasteiger partial charge in [-0.2, -0.15) is 0 Å². The number of ether oxygens (including phenoxy) is 2. The molecule has 0 spiro atoms. The minimum Gasteiger partial charge on any atom is -0.462 e. The van der Waals surface area contributed by atoms with Crippen LogP contribution in [0, 0.1) is 40.4 Å². The molecule has 0 aliphatic heterocycles. The molecular formula is C35H39FN2O6. The number of nitrogens with zero attached hydrogens (tertiary/aromatic N) is 2. The van der Waals surface area contributed by atoms with Crippen LogP contribution in [-0.2, 0) is 9.47 Å². The highest BCUT2D eigenvalue weighted by Gasteiger charge is 2.20. The van der Waals surface area contributed by atoms with Crippen LogP contribution in [0.2, 0.25) is 0 Å². The second kappa shape index (κ2) is 15.1. The zero-order valence-electron chi connectivity index (χ0n) is 26.3. The predicted octanol–water partition coefficient (Wildman–Crippen LogP) is 6.49. The van der Waals surface area contributed by atoms with Gasteiger partial charge in [0.2, 0.25) is 0 Å². The summed E-state index contributed by atoms with van der Waals surface area (Å²) < 4.78 is 26.9. The number of benzene rings is 2. The van der Waals surface area contributed by atoms with E-state index in [0.29, 0.717) is 29.4 Å². The van der Waals surface area contributed by atoms with Crippen LogP contribution in [0.5, 0.6) is 0 Å². The Morgan fingerprint density at radius 1 is 0.705 bits per heavy atom. The van der Waals surface area contributed by atoms with E-state index in [2.05, 4.69) is 0 Å². The van der Waals surface area contributed by atoms with E-state index in [0.717, 1.165) is 29.8 Å². The maximum atomic E-state index is 13.0. The van der Waals surface area contributed by atoms with Crippen molar-refractivity contribution in [2.45, 2.75) is 61.3 Å². The van der Waals surface area contributed by atoms with Gasteiger partial charge in [0.25, 0.3) is 0 Å². The number of aromatic nitrogens is 2. The number of carbonyl (C=O) groups is 2. The lowest BCUT2D eigenvalue weighted by Gasteiger charge is -2.17. The fourth-order valence-corrected chi connectivity index (χ4v) is 5.00. The van der Waals surface area contributed by atoms with Gasteiger partial charge >= 0.3 is 11.9 Å². The average Bonchev–Trinajstić information content (AvgIpc) is 2.94. The Labute approximate surface area is 256 Å². The molecule has 0 amide bonds. The Balaban J connectivity index is 0.000000241. The van der Waals surface area contributed by atoms with Crippen molar-refractivity contribution in [3.05, 3.63) is 126 Å². The van der Waals surface area contributed by atoms with Crippen molar-refractivity contribution in [3.63, 3.8) is 0 Å². The molecule has 0 aliphatic carbocycles. The number of pyridine rings is 2. The van der Waals surface area contributed by atoms with Crippen LogP contribution in [0.25, 0.3) is 11.4 Å². The summed E-state index contributed by atoms with van der Waals surface area (Å²) in [5.74, 6) is -1.53. The van der Waals surface area contributed by atoms with Gasteiger partial charge in [-0.25, -0.2) is 14.0 Å². The Kier molecular flexibility index (Phi) is 11.6. The number of aryl methyl sites for hydroxylation is 3. The van der Waals surface area contributed by atoms with Gasteiger partial charge in [-0.3, -0.25) is 9.59 Å². The lowest BCUT2D eigenvalue weighted by molar-refractivity contribution is 0.0493. The Bertz CT molecular complexity index is 1770. The molecule has 232 valence electrons. The lowest BCUT2D eigenvalue weighted by Crippen LogP contribution is -2.24. The van der Waals surface area contributed by atoms with E-state index in [-0.39, 0.29) is 34.4 Å². The standard InChI is InChI=1S/C19H23NO3.C16H16FNO3/c1-5-6-10-23-19(22)18-15(4)20(14(3)12-17(18)21)16-9-7-8-13(2)11-16;1-4-21-16(20)15-11(3)18(10(2)9-14(15)19)13-7-5-12(17)6-8-13/h7-9,11-12H,5-6,10H2,1-4H3;5-9H,4H2,1-3H3. The second-order valence-electron chi connectivity index (χ2n) is 10.4. The predicted molar refractivity (Wildman–Crippen MR) is 169 cm³/mol. The van der Waals surface area contributed by atoms with E-state index >= 15 is 0 Å². The molecule has 4 rings (SSSR count). The van der Waals surface area contributed by atoms with Gasteiger partial charge in [0.1, 0.15) is 16.9 Å². The molecule has 2 aromatic carbocycles. The van der Waals surface area contributed by atoms with Gasteiger partial charge < -0.3 is 18.6 Å². The van der Waals surface area contributed by atoms with E-state index in [1.165, 1.54) is 24.3 Å². The number of carbonyl (C=O) groups excluding carboxylic acids is 2. The average molecular weight is 603 g/mol. The zero-order chi connectivity index (χ0) is 32.6. The molecule has 8 nitrogen and oxygen atoms in total. The normalized spacial score (nSPS) is 10.5. The second-order valence-corrected chi connectivity index (χ2v) is 10.4. The highest BCUT2D eigenvalue weighted by atomic mass is 19.1. The Hall–Kier alpha value is -4.79. The van der Waals surface area contributed by atoms with Crippen molar-refractivity contribution in [2.75, 3.05) is 13.2 Å². The minimum absolute atomic E-state index is 0.00627. The first-order valence-electron chi connectivity index (χ1n) is 14.5. The monoisotopic (exact) mass is 602 g/mol. The third-order valence-electron chi connectivity index (χ3n) is 7.03. The molecule has 0 bridgehead atoms. The fraction of sp³-hybridized carbons (Fsp3) is 0.314. The molecule has 0 atom stereocenters. The van der Waals surface area contributed by atoms with Crippen molar-refractivity contribution in [1.82, 2.24) is 9.13 Å². The van der Waals surface area contributed by atoms with Crippen molar-refractivity contribution in [2.24, 2.45) is 0 Å². The fourth-order valence-electron chi connectivity index (χ4n) is 5.00. The van der Waals surface area contributed by atoms with Crippen LogP contribution in [-0.4, -0.2) is 34.3 Å². The summed E-state index contributed by atoms with van der Waals surface area (Å²) in [5.41, 5.74) is 4.74. The summed E-state index contributed by atoms with van der Waals surface area (Å²) in [7, 11) is 0. The first-order chi connectivity index (χ1) is 20.9. The molecule has 0 unspecified atom stereocenters. The van der Waals surface area contributed by atoms with Gasteiger partial charge in [0, 0.05) is 46.3 Å². The molecule has 0 aliphatic rings. The SMILES string of the molecule is CCCCOC(=O)c1c(C)n(-c2cccc(C)c2)c(C)cc1=O.CCOC(=O)c1c(C)n(-c2ccc(F)cc2)c(C)cc1=O. The molecule has 0 saturated carbocycles. The smallest absolute Gasteiger partial charge is 0.343 e. The highest BCUT2D eigenvalue weighted by molar-refractivity contribution is 5.91. The van der Waals surface area contributed by atoms with Gasteiger partial charge in [-0.1, -0.05) is 25.5 Å². The summed E-state index contributed by atoms with van der Waals surface area (Å²) in [6.07, 6.45) is 1.73. The van der Waals surface area contributed by atoms with Crippen molar-refractivity contribution < 1.29 is 23.5 Å². The van der Waals surface area contributed by atoms with Crippen molar-refractivity contribution >= 4 is 11.9 Å². The summed E-state index contributed by atoms with van der Waals surface area (Å²) >= 11 is 0. The minimum atomic E-state index is -0.643. The first kappa shape index (κ1) is 33.7. The first-order valence-corrected chi connectivity index (χ1v) is 14.5. The topological polar surface area (TPSA) is 96.6 Å². The number of rotatable bonds is 8. The summed E-state index contributed by atoms with van der Waals surface area (Å²) in [6.45, 7) is 13.3. The molecule has 44 heavy (non-hydrogen) atoms. The largest absolute Gasteiger partial charge is 0.462 e. The Morgan fingerprint density at radius 3 is 1.73 bits per heavy atom. The number of unbranched alkanes of at least 4 members (excludes halogenated alkanes) is 1. The number of halogens is 1. The number of hydrogen-bond donors (Lipinski definition) is 0. The van der Waals surface area contributed by atoms with Crippen LogP contribution >= 0.6 is 0 Å². The van der Waals surface area contributed by atoms with E-state index in [1.807, 2.05) is 49.6 Å². The van der Waals surface area contributed by atoms with E-state index in [9.17, 15) is 23.6 Å². The molecule has 2 aromatic heterocycles. The Morgan fingerprint density at radius 2 is 1.23 bits per heavy atom. The van der Waals surface area contributed by atoms with E-state index in [1.54, 1.807) is 44.4 Å². The molecule has 4 aromatic rings. The molecular weight excluding hydrogens is 563 g/mol. The number of hydrogen-bond acceptors (Lipinski definition) is 6. The maximum Gasteiger partial charge on any atom is 0.343 e. The van der Waals surface area contributed by atoms with Gasteiger partial charge in [0.15, 0.2) is 10.9 Å². The molecule has 0 fully saturated rings. The van der Waals surface area contributed by atoms with Gasteiger partial charge in [-0.15, -0.1) is 0 Å². The van der Waals surface area contributed by atoms with Crippen LogP contribution in [0.15, 0.2) is 70.3 Å². The third-order valence-corrected chi connectivity index (χ3v) is 7.03. The molecule has 0 radical (unpaired) electrons. The van der Waals surface area contributed by atoms with E-state index in [4.69, 9.17) is 9.47 Å². The third kappa shape index (κ3) is 7.78. The summed E-state index contributed by atoms with van der Waals surface area (Å²) in [5, 5.41) is 0. The summed E-state index contributed by atoms with van der Waals surface area (Å²) in [4.78, 5) is 48.5. The van der Waals surface area contributed by atoms with Crippen LogP contribution in [0.1, 0.15) is 75.7 Å². The van der Waals surface area contributed by atoms with Crippen LogP contribution in [0.4, 0.5) is 4.39 Å². The molecule has 2 heterocycles. The van der Waals surface area contributed by atoms with Crippen molar-refractivity contribution in [1.29, 1.82) is 0 Å². The summed E-state index contributed by atoms with van der Waals surface area (Å²) in [6, 6.07) is 16.7. The van der Waals surface area contributed by atoms with E-state index < -0.39 is 11.9 Å². The molecule has 0 N–H and O–H groups in total. The van der Waals surface area contributed by atoms with Crippen molar-refractivity contribution in [3.8, 4) is 11.4 Å². The van der Waals surface area contributed by atoms with Crippen LogP contribution in [0.3, 0.4) is 0 Å². The van der Waals surface area contributed by atoms with Gasteiger partial charge in [-0.05, 0) is 89.9 Å². The number of esters is 2. The van der Waals surface area contributed by atoms with Gasteiger partial charge in [0.05, 0.1) is 13.2 Å². The highest BCUT2D eigenvalue weighted by Crippen LogP contribution is 2.19.